The summed E-state index contributed by atoms with van der Waals surface area (Å²) in [5.41, 5.74) is 3.18. The van der Waals surface area contributed by atoms with E-state index in [4.69, 9.17) is 5.11 Å². The summed E-state index contributed by atoms with van der Waals surface area (Å²) in [5.74, 6) is -1.81. The second-order valence-corrected chi connectivity index (χ2v) is 17.3. The van der Waals surface area contributed by atoms with Gasteiger partial charge in [-0.2, -0.15) is 0 Å². The van der Waals surface area contributed by atoms with Crippen LogP contribution in [0, 0.1) is 5.92 Å². The number of amides is 3. The van der Waals surface area contributed by atoms with Gasteiger partial charge in [-0.1, -0.05) is 25.7 Å². The molecule has 8 rings (SSSR count). The molecular formula is C48H54FN13O7. The second-order valence-electron chi connectivity index (χ2n) is 17.3. The van der Waals surface area contributed by atoms with Crippen LogP contribution in [0.25, 0.3) is 11.5 Å². The predicted octanol–water partition coefficient (Wildman–Crippen LogP) is 4.71. The first-order chi connectivity index (χ1) is 33.4. The summed E-state index contributed by atoms with van der Waals surface area (Å²) in [7, 11) is 1.69. The number of anilines is 5. The highest BCUT2D eigenvalue weighted by atomic mass is 19.1. The maximum Gasteiger partial charge on any atom is 0.323 e. The van der Waals surface area contributed by atoms with Crippen LogP contribution in [0.2, 0.25) is 0 Å². The van der Waals surface area contributed by atoms with Crippen LogP contribution in [-0.4, -0.2) is 101 Å². The summed E-state index contributed by atoms with van der Waals surface area (Å²) in [6.07, 6.45) is 17.0. The molecular weight excluding hydrogens is 890 g/mol. The van der Waals surface area contributed by atoms with E-state index in [0.717, 1.165) is 73.7 Å². The lowest BCUT2D eigenvalue weighted by atomic mass is 9.96. The van der Waals surface area contributed by atoms with Crippen LogP contribution in [0.1, 0.15) is 84.2 Å². The standard InChI is InChI=1S/C48H54FN13O7/c1-50-38-22-40(58-62-39(26-54-44(38)62)47(68)57-37-21-35(37)49)56-36-12-9-19-61(48(36)69)41-15-13-31(24-53-41)45(66)52-17-7-5-3-2-4-6-10-30-20-34(25-51-23-30)59-18-8-11-32(27-59)46(67)55-33-14-16-42(63)60(28-33)29-43(64)65/h9,12-16,19-20,22-26,28,32,35,37,50H,2-8,10-11,17-18,21,27,29H2,1H3,(H,52,66)(H,55,67)(H,56,58)(H,57,68)(H,64,65)/t32-,35-,37+/m0/s1. The number of alkyl halides is 1. The fraction of sp³-hybridized carbons (Fsp3) is 0.375. The highest BCUT2D eigenvalue weighted by molar-refractivity contribution is 5.95. The molecule has 20 nitrogen and oxygen atoms in total. The molecule has 3 atom stereocenters. The maximum atomic E-state index is 13.6. The zero-order chi connectivity index (χ0) is 48.4. The summed E-state index contributed by atoms with van der Waals surface area (Å²) >= 11 is 0. The number of carboxylic acid groups (broad SMARTS) is 1. The van der Waals surface area contributed by atoms with Crippen molar-refractivity contribution >= 4 is 57.9 Å². The number of carbonyl (C=O) groups excluding carboxylic acids is 3. The Morgan fingerprint density at radius 3 is 2.48 bits per heavy atom. The van der Waals surface area contributed by atoms with Crippen molar-refractivity contribution in [1.29, 1.82) is 0 Å². The number of nitrogens with one attached hydrogen (secondary N) is 5. The first-order valence-corrected chi connectivity index (χ1v) is 23.1. The summed E-state index contributed by atoms with van der Waals surface area (Å²) in [5, 5.41) is 28.1. The minimum Gasteiger partial charge on any atom is -0.480 e. The van der Waals surface area contributed by atoms with Gasteiger partial charge in [-0.25, -0.2) is 18.9 Å². The molecule has 1 aliphatic carbocycles. The third-order valence-electron chi connectivity index (χ3n) is 12.1. The van der Waals surface area contributed by atoms with Crippen molar-refractivity contribution < 1.29 is 28.7 Å². The van der Waals surface area contributed by atoms with Gasteiger partial charge in [0.25, 0.3) is 22.9 Å². The van der Waals surface area contributed by atoms with E-state index < -0.39 is 41.8 Å². The van der Waals surface area contributed by atoms with Crippen LogP contribution in [0.15, 0.2) is 95.3 Å². The number of hydrogen-bond acceptors (Lipinski definition) is 13. The van der Waals surface area contributed by atoms with Gasteiger partial charge in [0.15, 0.2) is 17.2 Å². The molecule has 0 aromatic carbocycles. The minimum absolute atomic E-state index is 0.117. The first kappa shape index (κ1) is 47.5. The van der Waals surface area contributed by atoms with E-state index in [-0.39, 0.29) is 41.4 Å². The Bertz CT molecular complexity index is 2960. The summed E-state index contributed by atoms with van der Waals surface area (Å²) in [6, 6.07) is 12.5. The molecule has 2 fully saturated rings. The zero-order valence-electron chi connectivity index (χ0n) is 38.1. The van der Waals surface area contributed by atoms with E-state index in [1.54, 1.807) is 43.6 Å². The van der Waals surface area contributed by atoms with Crippen molar-refractivity contribution in [3.8, 4) is 5.82 Å². The van der Waals surface area contributed by atoms with Crippen LogP contribution >= 0.6 is 0 Å². The number of unbranched alkanes of at least 4 members (excludes halogenated alkanes) is 5. The number of imidazole rings is 1. The Kier molecular flexibility index (Phi) is 15.0. The van der Waals surface area contributed by atoms with E-state index in [1.807, 2.05) is 12.4 Å². The molecule has 360 valence electrons. The quantitative estimate of drug-likeness (QED) is 0.0535. The number of fused-ring (bicyclic) bond motifs is 1. The lowest BCUT2D eigenvalue weighted by molar-refractivity contribution is -0.137. The molecule has 1 saturated carbocycles. The third-order valence-corrected chi connectivity index (χ3v) is 12.1. The second kappa shape index (κ2) is 21.8. The molecule has 6 aromatic heterocycles. The van der Waals surface area contributed by atoms with E-state index in [0.29, 0.717) is 47.9 Å². The maximum absolute atomic E-state index is 13.6. The summed E-state index contributed by atoms with van der Waals surface area (Å²) in [6.45, 7) is 1.36. The number of carbonyl (C=O) groups is 4. The highest BCUT2D eigenvalue weighted by Crippen LogP contribution is 2.27. The van der Waals surface area contributed by atoms with Crippen molar-refractivity contribution in [3.05, 3.63) is 123 Å². The average Bonchev–Trinajstić information content (AvgIpc) is 3.87. The zero-order valence-corrected chi connectivity index (χ0v) is 38.1. The average molecular weight is 944 g/mol. The lowest BCUT2D eigenvalue weighted by Crippen LogP contribution is -2.41. The van der Waals surface area contributed by atoms with E-state index in [9.17, 15) is 33.2 Å². The predicted molar refractivity (Wildman–Crippen MR) is 256 cm³/mol. The lowest BCUT2D eigenvalue weighted by Gasteiger charge is -2.33. The highest BCUT2D eigenvalue weighted by Gasteiger charge is 2.39. The smallest absolute Gasteiger partial charge is 0.323 e. The van der Waals surface area contributed by atoms with Crippen molar-refractivity contribution in [2.24, 2.45) is 5.92 Å². The molecule has 0 unspecified atom stereocenters. The van der Waals surface area contributed by atoms with E-state index in [2.05, 4.69) is 57.6 Å². The number of halogens is 1. The number of rotatable bonds is 21. The number of hydrogen-bond donors (Lipinski definition) is 6. The normalized spacial score (nSPS) is 16.4. The van der Waals surface area contributed by atoms with Crippen LogP contribution in [-0.2, 0) is 22.6 Å². The number of nitrogens with zero attached hydrogens (tertiary/aromatic N) is 8. The Hall–Kier alpha value is -7.97. The van der Waals surface area contributed by atoms with Crippen LogP contribution in [0.5, 0.6) is 0 Å². The SMILES string of the molecule is CNc1cc(Nc2cccn(-c3ccc(C(=O)NCCCCCCCCc4cncc(N5CCC[C@H](C(=O)Nc6ccc(=O)n(CC(=O)O)c6)C5)c4)cn3)c2=O)nn2c(C(=O)N[C@@H]3C[C@@H]3F)cnc12. The fourth-order valence-electron chi connectivity index (χ4n) is 8.29. The van der Waals surface area contributed by atoms with Gasteiger partial charge < -0.3 is 41.2 Å². The topological polar surface area (TPSA) is 252 Å². The minimum atomic E-state index is -1.14. The van der Waals surface area contributed by atoms with Gasteiger partial charge in [-0.15, -0.1) is 5.10 Å². The van der Waals surface area contributed by atoms with Crippen LogP contribution in [0.4, 0.5) is 33.0 Å². The number of piperidine rings is 1. The Morgan fingerprint density at radius 2 is 1.71 bits per heavy atom. The Labute approximate surface area is 395 Å². The molecule has 69 heavy (non-hydrogen) atoms. The molecule has 0 radical (unpaired) electrons. The summed E-state index contributed by atoms with van der Waals surface area (Å²) < 4.78 is 17.2. The molecule has 3 amide bonds. The van der Waals surface area contributed by atoms with Gasteiger partial charge in [0.2, 0.25) is 5.91 Å². The molecule has 6 aromatic rings. The van der Waals surface area contributed by atoms with Crippen LogP contribution < -0.4 is 42.6 Å². The number of aromatic nitrogens is 7. The van der Waals surface area contributed by atoms with Gasteiger partial charge in [0, 0.05) is 70.0 Å². The molecule has 21 heteroatoms. The van der Waals surface area contributed by atoms with E-state index in [1.165, 1.54) is 39.8 Å². The Balaban J connectivity index is 0.742. The number of carboxylic acids is 1. The molecule has 0 spiro atoms. The first-order valence-electron chi connectivity index (χ1n) is 23.1. The van der Waals surface area contributed by atoms with Crippen molar-refractivity contribution in [2.45, 2.75) is 83.0 Å². The van der Waals surface area contributed by atoms with Gasteiger partial charge in [-0.05, 0) is 74.1 Å². The van der Waals surface area contributed by atoms with Gasteiger partial charge >= 0.3 is 5.97 Å². The Morgan fingerprint density at radius 1 is 0.899 bits per heavy atom. The van der Waals surface area contributed by atoms with Crippen molar-refractivity contribution in [3.63, 3.8) is 0 Å². The number of pyridine rings is 4. The molecule has 0 bridgehead atoms. The number of aryl methyl sites for hydroxylation is 1. The largest absolute Gasteiger partial charge is 0.480 e. The van der Waals surface area contributed by atoms with Gasteiger partial charge in [0.1, 0.15) is 24.2 Å². The molecule has 7 heterocycles. The van der Waals surface area contributed by atoms with E-state index >= 15 is 0 Å². The van der Waals surface area contributed by atoms with Gasteiger partial charge in [0.05, 0.1) is 47.0 Å². The fourth-order valence-corrected chi connectivity index (χ4v) is 8.29. The number of aliphatic carboxylic acids is 1. The van der Waals surface area contributed by atoms with Crippen molar-refractivity contribution in [2.75, 3.05) is 47.5 Å². The monoisotopic (exact) mass is 943 g/mol. The van der Waals surface area contributed by atoms with Gasteiger partial charge in [-0.3, -0.25) is 38.3 Å². The van der Waals surface area contributed by atoms with Crippen LogP contribution in [0.3, 0.4) is 0 Å². The summed E-state index contributed by atoms with van der Waals surface area (Å²) in [4.78, 5) is 91.0. The molecule has 1 saturated heterocycles. The van der Waals surface area contributed by atoms with Crippen molar-refractivity contribution in [1.82, 2.24) is 44.3 Å². The molecule has 2 aliphatic rings. The molecule has 1 aliphatic heterocycles. The third kappa shape index (κ3) is 12.0. The molecule has 6 N–H and O–H groups in total.